The summed E-state index contributed by atoms with van der Waals surface area (Å²) < 4.78 is 5.62. The van der Waals surface area contributed by atoms with E-state index in [0.717, 1.165) is 22.4 Å². The largest absolute Gasteiger partial charge is 0.473 e. The first kappa shape index (κ1) is 11.1. The van der Waals surface area contributed by atoms with Crippen LogP contribution >= 0.6 is 0 Å². The Morgan fingerprint density at radius 3 is 2.94 bits per heavy atom. The van der Waals surface area contributed by atoms with Crippen LogP contribution < -0.4 is 4.90 Å². The van der Waals surface area contributed by atoms with Crippen LogP contribution in [0.4, 0.5) is 5.69 Å². The Morgan fingerprint density at radius 2 is 2.22 bits per heavy atom. The summed E-state index contributed by atoms with van der Waals surface area (Å²) in [6.07, 6.45) is 1.90. The van der Waals surface area contributed by atoms with Crippen LogP contribution in [0.15, 0.2) is 30.8 Å². The van der Waals surface area contributed by atoms with E-state index in [-0.39, 0.29) is 5.54 Å². The average molecular weight is 243 g/mol. The zero-order valence-corrected chi connectivity index (χ0v) is 10.9. The molecule has 3 rings (SSSR count). The highest BCUT2D eigenvalue weighted by Crippen LogP contribution is 2.36. The van der Waals surface area contributed by atoms with E-state index >= 15 is 0 Å². The van der Waals surface area contributed by atoms with Gasteiger partial charge in [-0.15, -0.1) is 0 Å². The summed E-state index contributed by atoms with van der Waals surface area (Å²) in [6, 6.07) is 4.18. The van der Waals surface area contributed by atoms with Gasteiger partial charge >= 0.3 is 0 Å². The molecular formula is C14H17N3O. The number of H-pyrrole nitrogens is 1. The first-order valence-electron chi connectivity index (χ1n) is 6.06. The minimum atomic E-state index is -0.0854. The quantitative estimate of drug-likeness (QED) is 0.772. The van der Waals surface area contributed by atoms with Gasteiger partial charge in [-0.25, -0.2) is 4.98 Å². The van der Waals surface area contributed by atoms with Crippen molar-refractivity contribution in [2.75, 3.05) is 4.90 Å². The van der Waals surface area contributed by atoms with Crippen molar-refractivity contribution in [2.45, 2.75) is 32.9 Å². The molecule has 1 aliphatic rings. The summed E-state index contributed by atoms with van der Waals surface area (Å²) in [4.78, 5) is 9.84. The van der Waals surface area contributed by atoms with Crippen LogP contribution in [0.2, 0.25) is 0 Å². The van der Waals surface area contributed by atoms with Crippen molar-refractivity contribution < 1.29 is 4.74 Å². The fraction of sp³-hybridized carbons (Fsp3) is 0.357. The SMILES string of the molecule is C=C1OCc2nc3[nH]ccc3cc2N1C(C)(C)C. The van der Waals surface area contributed by atoms with Gasteiger partial charge in [-0.05, 0) is 39.5 Å². The predicted molar refractivity (Wildman–Crippen MR) is 72.3 cm³/mol. The highest BCUT2D eigenvalue weighted by Gasteiger charge is 2.31. The van der Waals surface area contributed by atoms with Crippen LogP contribution in [-0.4, -0.2) is 15.5 Å². The van der Waals surface area contributed by atoms with E-state index in [1.54, 1.807) is 0 Å². The van der Waals surface area contributed by atoms with Crippen molar-refractivity contribution >= 4 is 16.7 Å². The number of hydrogen-bond acceptors (Lipinski definition) is 3. The summed E-state index contributed by atoms with van der Waals surface area (Å²) in [6.45, 7) is 10.9. The van der Waals surface area contributed by atoms with Gasteiger partial charge in [0.05, 0.1) is 5.69 Å². The van der Waals surface area contributed by atoms with E-state index in [2.05, 4.69) is 48.3 Å². The monoisotopic (exact) mass is 243 g/mol. The topological polar surface area (TPSA) is 41.1 Å². The number of hydrogen-bond donors (Lipinski definition) is 1. The van der Waals surface area contributed by atoms with Gasteiger partial charge in [0.15, 0.2) is 5.88 Å². The van der Waals surface area contributed by atoms with E-state index in [4.69, 9.17) is 4.74 Å². The maximum absolute atomic E-state index is 5.62. The van der Waals surface area contributed by atoms with Crippen LogP contribution in [0, 0.1) is 0 Å². The minimum absolute atomic E-state index is 0.0854. The molecule has 0 bridgehead atoms. The number of fused-ring (bicyclic) bond motifs is 2. The lowest BCUT2D eigenvalue weighted by atomic mass is 10.0. The molecule has 3 heterocycles. The molecule has 18 heavy (non-hydrogen) atoms. The van der Waals surface area contributed by atoms with E-state index in [9.17, 15) is 0 Å². The molecule has 2 aromatic heterocycles. The number of aromatic nitrogens is 2. The second kappa shape index (κ2) is 3.51. The van der Waals surface area contributed by atoms with Gasteiger partial charge in [-0.1, -0.05) is 0 Å². The molecule has 0 fully saturated rings. The highest BCUT2D eigenvalue weighted by molar-refractivity contribution is 5.81. The van der Waals surface area contributed by atoms with Gasteiger partial charge in [-0.3, -0.25) is 0 Å². The molecule has 2 aromatic rings. The van der Waals surface area contributed by atoms with Crippen LogP contribution in [0.5, 0.6) is 0 Å². The van der Waals surface area contributed by atoms with E-state index < -0.39 is 0 Å². The molecular weight excluding hydrogens is 226 g/mol. The molecule has 0 aromatic carbocycles. The minimum Gasteiger partial charge on any atom is -0.473 e. The van der Waals surface area contributed by atoms with Crippen LogP contribution in [-0.2, 0) is 11.3 Å². The van der Waals surface area contributed by atoms with Crippen molar-refractivity contribution in [3.63, 3.8) is 0 Å². The molecule has 0 atom stereocenters. The molecule has 0 aliphatic carbocycles. The summed E-state index contributed by atoms with van der Waals surface area (Å²) >= 11 is 0. The van der Waals surface area contributed by atoms with Crippen LogP contribution in [0.25, 0.3) is 11.0 Å². The number of pyridine rings is 1. The Bertz CT molecular complexity index is 621. The van der Waals surface area contributed by atoms with Gasteiger partial charge in [0.2, 0.25) is 0 Å². The number of ether oxygens (including phenoxy) is 1. The third kappa shape index (κ3) is 1.56. The van der Waals surface area contributed by atoms with Gasteiger partial charge in [0, 0.05) is 17.1 Å². The Kier molecular flexibility index (Phi) is 2.17. The van der Waals surface area contributed by atoms with Crippen LogP contribution in [0.3, 0.4) is 0 Å². The average Bonchev–Trinajstić information content (AvgIpc) is 2.71. The van der Waals surface area contributed by atoms with Gasteiger partial charge in [0.25, 0.3) is 0 Å². The third-order valence-electron chi connectivity index (χ3n) is 3.13. The van der Waals surface area contributed by atoms with Crippen molar-refractivity contribution in [3.8, 4) is 0 Å². The zero-order chi connectivity index (χ0) is 12.9. The summed E-state index contributed by atoms with van der Waals surface area (Å²) in [5.41, 5.74) is 2.86. The zero-order valence-electron chi connectivity index (χ0n) is 10.9. The number of rotatable bonds is 0. The fourth-order valence-electron chi connectivity index (χ4n) is 2.39. The Labute approximate surface area is 106 Å². The van der Waals surface area contributed by atoms with Crippen LogP contribution in [0.1, 0.15) is 26.5 Å². The van der Waals surface area contributed by atoms with E-state index in [1.807, 2.05) is 12.3 Å². The van der Waals surface area contributed by atoms with E-state index in [1.165, 1.54) is 0 Å². The molecule has 4 heteroatoms. The molecule has 0 unspecified atom stereocenters. The maximum Gasteiger partial charge on any atom is 0.187 e. The van der Waals surface area contributed by atoms with Gasteiger partial charge < -0.3 is 14.6 Å². The molecule has 1 aliphatic heterocycles. The normalized spacial score (nSPS) is 15.7. The fourth-order valence-corrected chi connectivity index (χ4v) is 2.39. The number of nitrogens with zero attached hydrogens (tertiary/aromatic N) is 2. The Hall–Kier alpha value is -1.97. The Balaban J connectivity index is 2.23. The number of nitrogens with one attached hydrogen (secondary N) is 1. The van der Waals surface area contributed by atoms with Crippen molar-refractivity contribution in [1.82, 2.24) is 9.97 Å². The molecule has 0 amide bonds. The first-order valence-corrected chi connectivity index (χ1v) is 6.06. The molecule has 0 saturated heterocycles. The van der Waals surface area contributed by atoms with Crippen molar-refractivity contribution in [3.05, 3.63) is 36.5 Å². The molecule has 4 nitrogen and oxygen atoms in total. The molecule has 0 saturated carbocycles. The lowest BCUT2D eigenvalue weighted by Crippen LogP contribution is -2.43. The molecule has 0 radical (unpaired) electrons. The lowest BCUT2D eigenvalue weighted by Gasteiger charge is -2.41. The van der Waals surface area contributed by atoms with E-state index in [0.29, 0.717) is 12.5 Å². The first-order chi connectivity index (χ1) is 8.47. The van der Waals surface area contributed by atoms with Gasteiger partial charge in [0.1, 0.15) is 17.9 Å². The smallest absolute Gasteiger partial charge is 0.187 e. The Morgan fingerprint density at radius 1 is 1.44 bits per heavy atom. The number of aromatic amines is 1. The highest BCUT2D eigenvalue weighted by atomic mass is 16.5. The van der Waals surface area contributed by atoms with Crippen molar-refractivity contribution in [2.24, 2.45) is 0 Å². The summed E-state index contributed by atoms with van der Waals surface area (Å²) in [5.74, 6) is 0.687. The van der Waals surface area contributed by atoms with Gasteiger partial charge in [-0.2, -0.15) is 0 Å². The second-order valence-electron chi connectivity index (χ2n) is 5.56. The summed E-state index contributed by atoms with van der Waals surface area (Å²) in [7, 11) is 0. The maximum atomic E-state index is 5.62. The summed E-state index contributed by atoms with van der Waals surface area (Å²) in [5, 5.41) is 1.11. The predicted octanol–water partition coefficient (Wildman–Crippen LogP) is 3.17. The standard InChI is InChI=1S/C14H17N3O/c1-9-17(14(2,3)4)12-7-10-5-6-15-13(10)16-11(12)8-18-9/h5-7H,1,8H2,2-4H3,(H,15,16). The van der Waals surface area contributed by atoms with Crippen molar-refractivity contribution in [1.29, 1.82) is 0 Å². The molecule has 94 valence electrons. The second-order valence-corrected chi connectivity index (χ2v) is 5.56. The molecule has 1 N–H and O–H groups in total. The lowest BCUT2D eigenvalue weighted by molar-refractivity contribution is 0.166. The third-order valence-corrected chi connectivity index (χ3v) is 3.13. The number of anilines is 1. The molecule has 0 spiro atoms.